The van der Waals surface area contributed by atoms with Crippen LogP contribution >= 0.6 is 11.3 Å². The average Bonchev–Trinajstić information content (AvgIpc) is 3.50. The van der Waals surface area contributed by atoms with Gasteiger partial charge in [0.25, 0.3) is 0 Å². The van der Waals surface area contributed by atoms with Gasteiger partial charge in [-0.3, -0.25) is 0 Å². The number of rotatable bonds is 4. The van der Waals surface area contributed by atoms with E-state index in [-0.39, 0.29) is 6.04 Å². The molecule has 1 nitrogen and oxygen atoms in total. The Morgan fingerprint density at radius 1 is 0.378 bits per heavy atom. The highest BCUT2D eigenvalue weighted by molar-refractivity contribution is 7.26. The van der Waals surface area contributed by atoms with Crippen molar-refractivity contribution in [3.63, 3.8) is 0 Å². The topological polar surface area (TPSA) is 26.0 Å². The predicted octanol–water partition coefficient (Wildman–Crippen LogP) is 11.9. The van der Waals surface area contributed by atoms with Crippen LogP contribution in [0.5, 0.6) is 0 Å². The van der Waals surface area contributed by atoms with Crippen molar-refractivity contribution in [3.05, 3.63) is 169 Å². The lowest BCUT2D eigenvalue weighted by atomic mass is 9.91. The number of benzene rings is 8. The third-order valence-corrected chi connectivity index (χ3v) is 10.4. The third-order valence-electron chi connectivity index (χ3n) is 9.31. The second-order valence-electron chi connectivity index (χ2n) is 11.9. The van der Waals surface area contributed by atoms with Gasteiger partial charge >= 0.3 is 0 Å². The van der Waals surface area contributed by atoms with Crippen molar-refractivity contribution < 1.29 is 0 Å². The van der Waals surface area contributed by atoms with Crippen molar-refractivity contribution in [2.45, 2.75) is 6.04 Å². The predicted molar refractivity (Wildman–Crippen MR) is 195 cm³/mol. The summed E-state index contributed by atoms with van der Waals surface area (Å²) >= 11 is 1.87. The second kappa shape index (κ2) is 10.4. The first kappa shape index (κ1) is 26.2. The Labute approximate surface area is 265 Å². The highest BCUT2D eigenvalue weighted by Gasteiger charge is 2.15. The standard InChI is InChI=1S/C43H29NS/c44-43(28-9-2-1-3-10-28)29-19-17-27(18-20-29)32-15-8-16-41-42(32)39-26-31(22-24-40(39)45-41)30-21-23-37-35-13-5-4-11-33(35)34-12-6-7-14-36(34)38(37)25-30/h1-26,43H,44H2. The number of nitrogens with two attached hydrogens (primary N) is 1. The minimum Gasteiger partial charge on any atom is -0.320 e. The molecule has 0 spiro atoms. The smallest absolute Gasteiger partial charge is 0.0551 e. The Morgan fingerprint density at radius 2 is 0.911 bits per heavy atom. The van der Waals surface area contributed by atoms with Gasteiger partial charge < -0.3 is 5.73 Å². The summed E-state index contributed by atoms with van der Waals surface area (Å²) < 4.78 is 2.61. The summed E-state index contributed by atoms with van der Waals surface area (Å²) in [5, 5.41) is 10.4. The van der Waals surface area contributed by atoms with Crippen molar-refractivity contribution in [1.82, 2.24) is 0 Å². The molecule has 1 unspecified atom stereocenters. The van der Waals surface area contributed by atoms with E-state index >= 15 is 0 Å². The van der Waals surface area contributed by atoms with Crippen LogP contribution in [0, 0.1) is 0 Å². The first-order chi connectivity index (χ1) is 22.2. The lowest BCUT2D eigenvalue weighted by Crippen LogP contribution is -2.11. The highest BCUT2D eigenvalue weighted by Crippen LogP contribution is 2.43. The molecular weight excluding hydrogens is 563 g/mol. The molecule has 9 aromatic rings. The molecule has 2 N–H and O–H groups in total. The van der Waals surface area contributed by atoms with Crippen molar-refractivity contribution in [2.24, 2.45) is 5.73 Å². The van der Waals surface area contributed by atoms with Crippen molar-refractivity contribution in [2.75, 3.05) is 0 Å². The molecule has 0 aliphatic carbocycles. The summed E-state index contributed by atoms with van der Waals surface area (Å²) in [5.74, 6) is 0. The molecule has 0 bridgehead atoms. The van der Waals surface area contributed by atoms with E-state index < -0.39 is 0 Å². The molecule has 9 rings (SSSR count). The number of thiophene rings is 1. The Kier molecular flexibility index (Phi) is 6.05. The Morgan fingerprint density at radius 3 is 1.60 bits per heavy atom. The summed E-state index contributed by atoms with van der Waals surface area (Å²) in [6, 6.07) is 57.1. The van der Waals surface area contributed by atoms with Crippen molar-refractivity contribution >= 4 is 63.8 Å². The number of hydrogen-bond donors (Lipinski definition) is 1. The SMILES string of the molecule is NC(c1ccccc1)c1ccc(-c2cccc3sc4ccc(-c5ccc6c7ccccc7c7ccccc7c6c5)cc4c23)cc1. The van der Waals surface area contributed by atoms with Crippen LogP contribution in [0.25, 0.3) is 74.7 Å². The molecule has 0 saturated heterocycles. The van der Waals surface area contributed by atoms with Crippen molar-refractivity contribution in [1.29, 1.82) is 0 Å². The molecule has 8 aromatic carbocycles. The van der Waals surface area contributed by atoms with Crippen LogP contribution < -0.4 is 5.73 Å². The zero-order valence-corrected chi connectivity index (χ0v) is 25.4. The van der Waals surface area contributed by atoms with Crippen LogP contribution in [-0.4, -0.2) is 0 Å². The summed E-state index contributed by atoms with van der Waals surface area (Å²) in [7, 11) is 0. The summed E-state index contributed by atoms with van der Waals surface area (Å²) in [6.07, 6.45) is 0. The quantitative estimate of drug-likeness (QED) is 0.202. The van der Waals surface area contributed by atoms with Gasteiger partial charge in [0.2, 0.25) is 0 Å². The lowest BCUT2D eigenvalue weighted by Gasteiger charge is -2.14. The van der Waals surface area contributed by atoms with Gasteiger partial charge in [-0.25, -0.2) is 0 Å². The van der Waals surface area contributed by atoms with Crippen LogP contribution in [0.2, 0.25) is 0 Å². The molecule has 0 amide bonds. The summed E-state index contributed by atoms with van der Waals surface area (Å²) in [4.78, 5) is 0. The molecule has 0 saturated carbocycles. The maximum Gasteiger partial charge on any atom is 0.0551 e. The molecule has 1 atom stereocenters. The molecule has 0 fully saturated rings. The van der Waals surface area contributed by atoms with Gasteiger partial charge in [-0.1, -0.05) is 133 Å². The average molecular weight is 592 g/mol. The van der Waals surface area contributed by atoms with E-state index in [0.717, 1.165) is 11.1 Å². The van der Waals surface area contributed by atoms with E-state index in [1.54, 1.807) is 0 Å². The van der Waals surface area contributed by atoms with Crippen molar-refractivity contribution in [3.8, 4) is 22.3 Å². The first-order valence-corrected chi connectivity index (χ1v) is 16.2. The van der Waals surface area contributed by atoms with Crippen LogP contribution in [0.15, 0.2) is 158 Å². The van der Waals surface area contributed by atoms with E-state index in [1.807, 2.05) is 29.5 Å². The zero-order valence-electron chi connectivity index (χ0n) is 24.6. The molecule has 0 aliphatic rings. The molecule has 0 aliphatic heterocycles. The largest absolute Gasteiger partial charge is 0.320 e. The Balaban J connectivity index is 1.18. The van der Waals surface area contributed by atoms with E-state index in [1.165, 1.54) is 74.7 Å². The van der Waals surface area contributed by atoms with E-state index in [0.29, 0.717) is 0 Å². The maximum atomic E-state index is 6.62. The maximum absolute atomic E-state index is 6.62. The Hall–Kier alpha value is -5.28. The van der Waals surface area contributed by atoms with Gasteiger partial charge in [-0.15, -0.1) is 11.3 Å². The fraction of sp³-hybridized carbons (Fsp3) is 0.0233. The fourth-order valence-corrected chi connectivity index (χ4v) is 8.17. The van der Waals surface area contributed by atoms with Crippen LogP contribution in [-0.2, 0) is 0 Å². The molecule has 2 heteroatoms. The minimum absolute atomic E-state index is 0.141. The molecule has 212 valence electrons. The number of hydrogen-bond acceptors (Lipinski definition) is 2. The van der Waals surface area contributed by atoms with E-state index in [4.69, 9.17) is 5.73 Å². The number of fused-ring (bicyclic) bond motifs is 9. The molecular formula is C43H29NS. The van der Waals surface area contributed by atoms with E-state index in [2.05, 4.69) is 140 Å². The van der Waals surface area contributed by atoms with Gasteiger partial charge in [0.05, 0.1) is 6.04 Å². The minimum atomic E-state index is -0.141. The molecule has 1 heterocycles. The normalized spacial score (nSPS) is 12.5. The monoisotopic (exact) mass is 591 g/mol. The Bertz CT molecular complexity index is 2510. The van der Waals surface area contributed by atoms with Crippen LogP contribution in [0.3, 0.4) is 0 Å². The highest BCUT2D eigenvalue weighted by atomic mass is 32.1. The van der Waals surface area contributed by atoms with Gasteiger partial charge in [0, 0.05) is 20.2 Å². The van der Waals surface area contributed by atoms with Gasteiger partial charge in [-0.05, 0) is 90.0 Å². The lowest BCUT2D eigenvalue weighted by molar-refractivity contribution is 0.872. The molecule has 1 aromatic heterocycles. The van der Waals surface area contributed by atoms with Crippen LogP contribution in [0.1, 0.15) is 17.2 Å². The second-order valence-corrected chi connectivity index (χ2v) is 12.9. The van der Waals surface area contributed by atoms with E-state index in [9.17, 15) is 0 Å². The van der Waals surface area contributed by atoms with Gasteiger partial charge in [0.15, 0.2) is 0 Å². The van der Waals surface area contributed by atoms with Gasteiger partial charge in [0.1, 0.15) is 0 Å². The molecule has 45 heavy (non-hydrogen) atoms. The third kappa shape index (κ3) is 4.26. The zero-order chi connectivity index (χ0) is 29.9. The van der Waals surface area contributed by atoms with Crippen LogP contribution in [0.4, 0.5) is 0 Å². The van der Waals surface area contributed by atoms with Gasteiger partial charge in [-0.2, -0.15) is 0 Å². The fourth-order valence-electron chi connectivity index (χ4n) is 7.06. The first-order valence-electron chi connectivity index (χ1n) is 15.4. The summed E-state index contributed by atoms with van der Waals surface area (Å²) in [5.41, 5.74) is 13.8. The summed E-state index contributed by atoms with van der Waals surface area (Å²) in [6.45, 7) is 0. The molecule has 0 radical (unpaired) electrons.